The van der Waals surface area contributed by atoms with E-state index < -0.39 is 16.8 Å². The lowest BCUT2D eigenvalue weighted by Crippen LogP contribution is -2.56. The summed E-state index contributed by atoms with van der Waals surface area (Å²) < 4.78 is 0. The molecule has 1 aromatic rings. The summed E-state index contributed by atoms with van der Waals surface area (Å²) in [6.07, 6.45) is 8.46. The van der Waals surface area contributed by atoms with Crippen LogP contribution in [0.4, 0.5) is 0 Å². The molecule has 2 aliphatic carbocycles. The Morgan fingerprint density at radius 2 is 1.72 bits per heavy atom. The smallest absolute Gasteiger partial charge is 0.311 e. The van der Waals surface area contributed by atoms with Crippen LogP contribution in [-0.2, 0) is 9.59 Å². The summed E-state index contributed by atoms with van der Waals surface area (Å²) in [5.74, 6) is -1.04. The summed E-state index contributed by atoms with van der Waals surface area (Å²) in [6.45, 7) is 10.1. The number of fused-ring (bicyclic) bond motifs is 1. The van der Waals surface area contributed by atoms with Crippen molar-refractivity contribution in [3.8, 4) is 0 Å². The highest BCUT2D eigenvalue weighted by atomic mass is 16.4. The van der Waals surface area contributed by atoms with Gasteiger partial charge in [0.15, 0.2) is 0 Å². The standard InChI is InChI=1S/C26H34O3/c1-6-20-16-25(7-2,15-14-19-12-10-9-11-13-19)26(8-3,24(28)29)22-18(5)23(27)17(4)21(20)22/h9-18,21-22H,6-8H2,1-5H3,(H,28,29)/t17-,18-,21+,22-,25-,26-/m1/s1. The summed E-state index contributed by atoms with van der Waals surface area (Å²) in [5, 5.41) is 10.7. The second-order valence-electron chi connectivity index (χ2n) is 8.87. The van der Waals surface area contributed by atoms with Crippen LogP contribution in [0.5, 0.6) is 0 Å². The van der Waals surface area contributed by atoms with Crippen LogP contribution in [-0.4, -0.2) is 16.9 Å². The monoisotopic (exact) mass is 394 g/mol. The Labute approximate surface area is 174 Å². The largest absolute Gasteiger partial charge is 0.481 e. The van der Waals surface area contributed by atoms with Crippen molar-refractivity contribution in [2.75, 3.05) is 0 Å². The number of Topliss-reactive ketones (excluding diaryl/α,β-unsaturated/α-hetero) is 1. The SMILES string of the molecule is CCC1=C[C@](C=Cc2ccccc2)(CC)[C@@](CC)(C(=O)O)[C@H]2[C@H]1[C@@H](C)C(=O)[C@@H]2C. The van der Waals surface area contributed by atoms with Crippen LogP contribution in [0.15, 0.2) is 48.1 Å². The Morgan fingerprint density at radius 3 is 2.24 bits per heavy atom. The van der Waals surface area contributed by atoms with Crippen molar-refractivity contribution in [2.24, 2.45) is 34.5 Å². The minimum absolute atomic E-state index is 0.0309. The molecule has 29 heavy (non-hydrogen) atoms. The summed E-state index contributed by atoms with van der Waals surface area (Å²) in [7, 11) is 0. The lowest BCUT2D eigenvalue weighted by Gasteiger charge is -2.55. The van der Waals surface area contributed by atoms with Gasteiger partial charge in [0.1, 0.15) is 5.78 Å². The summed E-state index contributed by atoms with van der Waals surface area (Å²) in [4.78, 5) is 26.0. The van der Waals surface area contributed by atoms with Gasteiger partial charge < -0.3 is 5.11 Å². The fourth-order valence-corrected chi connectivity index (χ4v) is 6.48. The highest BCUT2D eigenvalue weighted by molar-refractivity contribution is 5.89. The molecule has 0 heterocycles. The average Bonchev–Trinajstić information content (AvgIpc) is 2.96. The van der Waals surface area contributed by atoms with Crippen molar-refractivity contribution < 1.29 is 14.7 Å². The van der Waals surface area contributed by atoms with E-state index in [0.717, 1.165) is 12.0 Å². The molecule has 0 unspecified atom stereocenters. The summed E-state index contributed by atoms with van der Waals surface area (Å²) in [6, 6.07) is 10.0. The van der Waals surface area contributed by atoms with E-state index in [9.17, 15) is 14.7 Å². The van der Waals surface area contributed by atoms with Crippen molar-refractivity contribution >= 4 is 17.8 Å². The van der Waals surface area contributed by atoms with Gasteiger partial charge in [-0.15, -0.1) is 0 Å². The summed E-state index contributed by atoms with van der Waals surface area (Å²) >= 11 is 0. The minimum Gasteiger partial charge on any atom is -0.481 e. The number of ketones is 1. The van der Waals surface area contributed by atoms with Crippen molar-refractivity contribution in [1.82, 2.24) is 0 Å². The van der Waals surface area contributed by atoms with E-state index in [0.29, 0.717) is 12.8 Å². The zero-order chi connectivity index (χ0) is 21.4. The van der Waals surface area contributed by atoms with Gasteiger partial charge in [0.25, 0.3) is 0 Å². The predicted molar refractivity (Wildman–Crippen MR) is 117 cm³/mol. The molecular formula is C26H34O3. The van der Waals surface area contributed by atoms with Crippen LogP contribution in [0.25, 0.3) is 6.08 Å². The molecule has 0 amide bonds. The van der Waals surface area contributed by atoms with E-state index in [1.807, 2.05) is 51.1 Å². The normalized spacial score (nSPS) is 36.9. The molecule has 0 bridgehead atoms. The van der Waals surface area contributed by atoms with Crippen molar-refractivity contribution in [2.45, 2.75) is 53.9 Å². The molecule has 156 valence electrons. The van der Waals surface area contributed by atoms with Gasteiger partial charge in [-0.2, -0.15) is 0 Å². The third kappa shape index (κ3) is 3.01. The number of carboxylic acids is 1. The molecule has 3 rings (SSSR count). The molecule has 3 heteroatoms. The molecule has 1 fully saturated rings. The van der Waals surface area contributed by atoms with Crippen LogP contribution in [0.3, 0.4) is 0 Å². The molecule has 1 saturated carbocycles. The Bertz CT molecular complexity index is 837. The van der Waals surface area contributed by atoms with E-state index in [-0.39, 0.29) is 29.5 Å². The lowest BCUT2D eigenvalue weighted by atomic mass is 9.47. The third-order valence-electron chi connectivity index (χ3n) is 7.94. The number of hydrogen-bond acceptors (Lipinski definition) is 2. The van der Waals surface area contributed by atoms with Crippen LogP contribution in [0.2, 0.25) is 0 Å². The van der Waals surface area contributed by atoms with Gasteiger partial charge in [-0.3, -0.25) is 9.59 Å². The van der Waals surface area contributed by atoms with Crippen molar-refractivity contribution in [3.05, 3.63) is 53.6 Å². The van der Waals surface area contributed by atoms with E-state index in [4.69, 9.17) is 0 Å². The van der Waals surface area contributed by atoms with Crippen LogP contribution < -0.4 is 0 Å². The van der Waals surface area contributed by atoms with Gasteiger partial charge in [-0.1, -0.05) is 88.8 Å². The second kappa shape index (κ2) is 7.93. The van der Waals surface area contributed by atoms with Crippen LogP contribution in [0, 0.1) is 34.5 Å². The second-order valence-corrected chi connectivity index (χ2v) is 8.87. The molecule has 0 aliphatic heterocycles. The van der Waals surface area contributed by atoms with E-state index in [2.05, 4.69) is 32.1 Å². The first-order valence-electron chi connectivity index (χ1n) is 11.0. The van der Waals surface area contributed by atoms with Gasteiger partial charge in [0.2, 0.25) is 0 Å². The van der Waals surface area contributed by atoms with Crippen LogP contribution in [0.1, 0.15) is 59.4 Å². The van der Waals surface area contributed by atoms with Crippen molar-refractivity contribution in [1.29, 1.82) is 0 Å². The number of carbonyl (C=O) groups excluding carboxylic acids is 1. The molecule has 3 nitrogen and oxygen atoms in total. The Kier molecular flexibility index (Phi) is 5.89. The number of benzene rings is 1. The molecule has 0 aromatic heterocycles. The number of hydrogen-bond donors (Lipinski definition) is 1. The summed E-state index contributed by atoms with van der Waals surface area (Å²) in [5.41, 5.74) is 0.711. The number of aliphatic carboxylic acids is 1. The molecule has 1 aromatic carbocycles. The maximum atomic E-state index is 13.0. The highest BCUT2D eigenvalue weighted by Gasteiger charge is 2.67. The van der Waals surface area contributed by atoms with Gasteiger partial charge >= 0.3 is 5.97 Å². The number of carboxylic acid groups (broad SMARTS) is 1. The number of carbonyl (C=O) groups is 2. The average molecular weight is 395 g/mol. The first-order valence-corrected chi connectivity index (χ1v) is 11.0. The minimum atomic E-state index is -0.990. The van der Waals surface area contributed by atoms with E-state index in [1.165, 1.54) is 5.57 Å². The molecule has 0 radical (unpaired) electrons. The Balaban J connectivity index is 2.28. The van der Waals surface area contributed by atoms with E-state index >= 15 is 0 Å². The topological polar surface area (TPSA) is 54.4 Å². The fourth-order valence-electron chi connectivity index (χ4n) is 6.48. The fraction of sp³-hybridized carbons (Fsp3) is 0.538. The third-order valence-corrected chi connectivity index (χ3v) is 7.94. The quantitative estimate of drug-likeness (QED) is 0.601. The zero-order valence-electron chi connectivity index (χ0n) is 18.3. The zero-order valence-corrected chi connectivity index (χ0v) is 18.3. The number of allylic oxidation sites excluding steroid dienone is 3. The van der Waals surface area contributed by atoms with Gasteiger partial charge in [0, 0.05) is 17.3 Å². The Hall–Kier alpha value is -2.16. The van der Waals surface area contributed by atoms with Gasteiger partial charge in [-0.05, 0) is 36.7 Å². The molecule has 0 spiro atoms. The molecule has 0 saturated heterocycles. The number of rotatable bonds is 6. The Morgan fingerprint density at radius 1 is 1.07 bits per heavy atom. The predicted octanol–water partition coefficient (Wildman–Crippen LogP) is 6.01. The highest BCUT2D eigenvalue weighted by Crippen LogP contribution is 2.65. The molecule has 1 N–H and O–H groups in total. The molecule has 6 atom stereocenters. The van der Waals surface area contributed by atoms with Crippen LogP contribution >= 0.6 is 0 Å². The van der Waals surface area contributed by atoms with Gasteiger partial charge in [-0.25, -0.2) is 0 Å². The molecule has 2 aliphatic rings. The first kappa shape index (κ1) is 21.5. The maximum Gasteiger partial charge on any atom is 0.311 e. The first-order chi connectivity index (χ1) is 13.8. The van der Waals surface area contributed by atoms with Gasteiger partial charge in [0.05, 0.1) is 5.41 Å². The van der Waals surface area contributed by atoms with Crippen molar-refractivity contribution in [3.63, 3.8) is 0 Å². The maximum absolute atomic E-state index is 13.0. The van der Waals surface area contributed by atoms with E-state index in [1.54, 1.807) is 0 Å². The molecular weight excluding hydrogens is 360 g/mol. The lowest BCUT2D eigenvalue weighted by molar-refractivity contribution is -0.165.